The number of hydrogen-bond donors (Lipinski definition) is 2. The number of hydrogen-bond acceptors (Lipinski definition) is 3. The molecule has 6 heteroatoms. The van der Waals surface area contributed by atoms with Gasteiger partial charge in [-0.05, 0) is 30.7 Å². The molecule has 0 unspecified atom stereocenters. The molecule has 0 aromatic heterocycles. The Bertz CT molecular complexity index is 400. The first kappa shape index (κ1) is 16.2. The van der Waals surface area contributed by atoms with E-state index in [0.717, 1.165) is 5.88 Å². The topological polar surface area (TPSA) is 86.2 Å². The van der Waals surface area contributed by atoms with Crippen molar-refractivity contribution in [3.63, 3.8) is 0 Å². The van der Waals surface area contributed by atoms with Crippen LogP contribution in [0.1, 0.15) is 26.2 Å². The molecule has 4 nitrogen and oxygen atoms in total. The summed E-state index contributed by atoms with van der Waals surface area (Å²) in [4.78, 5) is 0.0756. The van der Waals surface area contributed by atoms with Crippen molar-refractivity contribution in [1.29, 1.82) is 0 Å². The summed E-state index contributed by atoms with van der Waals surface area (Å²) in [5.41, 5.74) is 5.85. The quantitative estimate of drug-likeness (QED) is 0.503. The molecular formula is C11H19ClN2O2S. The summed E-state index contributed by atoms with van der Waals surface area (Å²) in [5.74, 6) is 0.827. The van der Waals surface area contributed by atoms with Gasteiger partial charge in [-0.15, -0.1) is 11.6 Å². The van der Waals surface area contributed by atoms with Crippen molar-refractivity contribution in [2.24, 2.45) is 5.14 Å². The molecule has 4 N–H and O–H groups in total. The van der Waals surface area contributed by atoms with Crippen LogP contribution in [-0.2, 0) is 10.0 Å². The lowest BCUT2D eigenvalue weighted by Crippen LogP contribution is -2.11. The van der Waals surface area contributed by atoms with Crippen LogP contribution in [0.3, 0.4) is 0 Å². The maximum absolute atomic E-state index is 10.7. The zero-order chi connectivity index (χ0) is 13.3. The molecule has 0 spiro atoms. The number of alkyl halides is 1. The van der Waals surface area contributed by atoms with E-state index < -0.39 is 10.0 Å². The van der Waals surface area contributed by atoms with Gasteiger partial charge in [-0.25, -0.2) is 13.6 Å². The number of anilines is 1. The summed E-state index contributed by atoms with van der Waals surface area (Å²) in [6.07, 6.45) is 3.73. The zero-order valence-corrected chi connectivity index (χ0v) is 11.5. The Labute approximate surface area is 108 Å². The molecule has 1 rings (SSSR count). The average molecular weight is 279 g/mol. The van der Waals surface area contributed by atoms with Crippen LogP contribution in [0.4, 0.5) is 5.69 Å². The minimum absolute atomic E-state index is 0.0756. The van der Waals surface area contributed by atoms with Crippen LogP contribution in [0.15, 0.2) is 29.2 Å². The first-order valence-electron chi connectivity index (χ1n) is 5.36. The van der Waals surface area contributed by atoms with Crippen LogP contribution in [0.2, 0.25) is 0 Å². The molecule has 0 bridgehead atoms. The van der Waals surface area contributed by atoms with Crippen LogP contribution >= 0.6 is 11.6 Å². The number of sulfonamides is 1. The fraction of sp³-hybridized carbons (Fsp3) is 0.455. The zero-order valence-electron chi connectivity index (χ0n) is 9.90. The molecular weight excluding hydrogens is 260 g/mol. The van der Waals surface area contributed by atoms with Gasteiger partial charge in [0.2, 0.25) is 10.0 Å². The lowest BCUT2D eigenvalue weighted by atomic mass is 10.3. The van der Waals surface area contributed by atoms with Crippen LogP contribution in [0, 0.1) is 0 Å². The second-order valence-corrected chi connectivity index (χ2v) is 5.45. The van der Waals surface area contributed by atoms with Gasteiger partial charge in [-0.2, -0.15) is 0 Å². The normalized spacial score (nSPS) is 10.5. The molecule has 1 aromatic carbocycles. The molecule has 0 aliphatic heterocycles. The predicted octanol–water partition coefficient (Wildman–Crippen LogP) is 2.33. The molecule has 1 aromatic rings. The van der Waals surface area contributed by atoms with Crippen molar-refractivity contribution < 1.29 is 8.42 Å². The van der Waals surface area contributed by atoms with E-state index in [4.69, 9.17) is 22.5 Å². The predicted molar refractivity (Wildman–Crippen MR) is 72.5 cm³/mol. The first-order chi connectivity index (χ1) is 7.91. The number of unbranched alkanes of at least 4 members (excludes halogenated alkanes) is 2. The molecule has 0 aliphatic carbocycles. The number of benzene rings is 1. The number of rotatable bonds is 4. The van der Waals surface area contributed by atoms with Gasteiger partial charge in [0, 0.05) is 11.6 Å². The minimum atomic E-state index is -3.58. The molecule has 0 heterocycles. The average Bonchev–Trinajstić information content (AvgIpc) is 2.26. The van der Waals surface area contributed by atoms with Crippen LogP contribution in [0.25, 0.3) is 0 Å². The van der Waals surface area contributed by atoms with E-state index in [-0.39, 0.29) is 4.90 Å². The van der Waals surface area contributed by atoms with Crippen molar-refractivity contribution in [3.8, 4) is 0 Å². The van der Waals surface area contributed by atoms with Gasteiger partial charge in [0.05, 0.1) is 4.90 Å². The van der Waals surface area contributed by atoms with E-state index in [1.54, 1.807) is 0 Å². The van der Waals surface area contributed by atoms with E-state index in [9.17, 15) is 8.42 Å². The van der Waals surface area contributed by atoms with Gasteiger partial charge in [0.25, 0.3) is 0 Å². The molecule has 0 fully saturated rings. The fourth-order valence-corrected chi connectivity index (χ4v) is 1.71. The third-order valence-corrected chi connectivity index (χ3v) is 3.14. The van der Waals surface area contributed by atoms with Crippen molar-refractivity contribution in [3.05, 3.63) is 24.3 Å². The van der Waals surface area contributed by atoms with Crippen molar-refractivity contribution in [2.45, 2.75) is 31.1 Å². The second kappa shape index (κ2) is 8.33. The largest absolute Gasteiger partial charge is 0.399 e. The lowest BCUT2D eigenvalue weighted by Gasteiger charge is -1.96. The summed E-state index contributed by atoms with van der Waals surface area (Å²) in [6.45, 7) is 2.17. The van der Waals surface area contributed by atoms with Gasteiger partial charge in [0.15, 0.2) is 0 Å². The van der Waals surface area contributed by atoms with Crippen LogP contribution in [-0.4, -0.2) is 14.3 Å². The maximum atomic E-state index is 10.7. The molecule has 17 heavy (non-hydrogen) atoms. The van der Waals surface area contributed by atoms with Crippen molar-refractivity contribution in [2.75, 3.05) is 11.6 Å². The Morgan fingerprint density at radius 2 is 1.71 bits per heavy atom. The van der Waals surface area contributed by atoms with Gasteiger partial charge < -0.3 is 5.73 Å². The minimum Gasteiger partial charge on any atom is -0.399 e. The Morgan fingerprint density at radius 3 is 2.00 bits per heavy atom. The number of primary sulfonamides is 1. The highest BCUT2D eigenvalue weighted by atomic mass is 35.5. The summed E-state index contributed by atoms with van der Waals surface area (Å²) >= 11 is 5.38. The monoisotopic (exact) mass is 278 g/mol. The Balaban J connectivity index is 0.000000366. The number of nitrogens with two attached hydrogens (primary N) is 2. The van der Waals surface area contributed by atoms with Gasteiger partial charge in [0.1, 0.15) is 0 Å². The Hall–Kier alpha value is -0.780. The summed E-state index contributed by atoms with van der Waals surface area (Å²) in [7, 11) is -3.58. The van der Waals surface area contributed by atoms with Crippen LogP contribution in [0.5, 0.6) is 0 Å². The van der Waals surface area contributed by atoms with Gasteiger partial charge >= 0.3 is 0 Å². The molecule has 0 saturated carbocycles. The van der Waals surface area contributed by atoms with E-state index in [0.29, 0.717) is 5.69 Å². The Kier molecular flexibility index (Phi) is 7.95. The molecule has 0 atom stereocenters. The van der Waals surface area contributed by atoms with Gasteiger partial charge in [-0.3, -0.25) is 0 Å². The maximum Gasteiger partial charge on any atom is 0.238 e. The van der Waals surface area contributed by atoms with Crippen LogP contribution < -0.4 is 10.9 Å². The number of nitrogen functional groups attached to an aromatic ring is 1. The summed E-state index contributed by atoms with van der Waals surface area (Å²) in [6, 6.07) is 5.70. The van der Waals surface area contributed by atoms with Crippen molar-refractivity contribution >= 4 is 27.3 Å². The Morgan fingerprint density at radius 1 is 1.18 bits per heavy atom. The highest BCUT2D eigenvalue weighted by Gasteiger charge is 2.04. The molecule has 0 saturated heterocycles. The molecule has 0 radical (unpaired) electrons. The van der Waals surface area contributed by atoms with Crippen molar-refractivity contribution in [1.82, 2.24) is 0 Å². The van der Waals surface area contributed by atoms with Gasteiger partial charge in [-0.1, -0.05) is 19.8 Å². The number of halogens is 1. The third kappa shape index (κ3) is 8.01. The first-order valence-corrected chi connectivity index (χ1v) is 7.44. The summed E-state index contributed by atoms with van der Waals surface area (Å²) < 4.78 is 21.4. The van der Waals surface area contributed by atoms with E-state index in [1.807, 2.05) is 0 Å². The fourth-order valence-electron chi connectivity index (χ4n) is 1.00. The standard InChI is InChI=1S/C6H8N2O2S.C5H11Cl/c7-5-1-3-6(4-2-5)11(8,9)10;1-2-3-4-5-6/h1-4H,7H2,(H2,8,9,10);2-5H2,1H3. The van der Waals surface area contributed by atoms with E-state index >= 15 is 0 Å². The SMILES string of the molecule is CCCCCCl.Nc1ccc(S(N)(=O)=O)cc1. The lowest BCUT2D eigenvalue weighted by molar-refractivity contribution is 0.598. The highest BCUT2D eigenvalue weighted by molar-refractivity contribution is 7.89. The van der Waals surface area contributed by atoms with E-state index in [1.165, 1.54) is 43.5 Å². The summed E-state index contributed by atoms with van der Waals surface area (Å²) in [5, 5.41) is 4.84. The third-order valence-electron chi connectivity index (χ3n) is 1.95. The molecule has 0 amide bonds. The molecule has 0 aliphatic rings. The van der Waals surface area contributed by atoms with E-state index in [2.05, 4.69) is 6.92 Å². The highest BCUT2D eigenvalue weighted by Crippen LogP contribution is 2.08. The molecule has 98 valence electrons. The smallest absolute Gasteiger partial charge is 0.238 e. The second-order valence-electron chi connectivity index (χ2n) is 3.51.